The summed E-state index contributed by atoms with van der Waals surface area (Å²) in [5.74, 6) is -0.326. The van der Waals surface area contributed by atoms with Gasteiger partial charge in [0.05, 0.1) is 17.1 Å². The lowest BCUT2D eigenvalue weighted by atomic mass is 9.84. The van der Waals surface area contributed by atoms with Crippen molar-refractivity contribution in [2.45, 2.75) is 31.5 Å². The predicted octanol–water partition coefficient (Wildman–Crippen LogP) is 0.297. The van der Waals surface area contributed by atoms with Crippen molar-refractivity contribution in [1.82, 2.24) is 25.7 Å². The number of hydrogen-bond acceptors (Lipinski definition) is 14. The fraction of sp³-hybridized carbons (Fsp3) is 0.375. The molecule has 0 unspecified atom stereocenters. The van der Waals surface area contributed by atoms with Crippen LogP contribution in [0.4, 0.5) is 10.9 Å². The van der Waals surface area contributed by atoms with Crippen molar-refractivity contribution in [2.75, 3.05) is 37.4 Å². The van der Waals surface area contributed by atoms with Gasteiger partial charge in [-0.05, 0) is 44.2 Å². The first-order valence-corrected chi connectivity index (χ1v) is 14.9. The molecular weight excluding hydrogens is 592 g/mol. The molecule has 1 atom stereocenters. The van der Waals surface area contributed by atoms with E-state index < -0.39 is 33.8 Å². The van der Waals surface area contributed by atoms with E-state index >= 15 is 0 Å². The zero-order valence-corrected chi connectivity index (χ0v) is 24.1. The summed E-state index contributed by atoms with van der Waals surface area (Å²) >= 11 is 1.07. The number of ether oxygens (including phenoxy) is 1. The van der Waals surface area contributed by atoms with Crippen molar-refractivity contribution in [3.63, 3.8) is 0 Å². The predicted molar refractivity (Wildman–Crippen MR) is 152 cm³/mol. The number of pyridine rings is 1. The van der Waals surface area contributed by atoms with Gasteiger partial charge in [-0.15, -0.1) is 15.6 Å². The van der Waals surface area contributed by atoms with Crippen molar-refractivity contribution in [3.8, 4) is 5.75 Å². The number of oxime groups is 1. The number of hydroxylamine groups is 2. The molecule has 2 amide bonds. The van der Waals surface area contributed by atoms with Crippen LogP contribution in [0, 0.1) is 0 Å². The van der Waals surface area contributed by atoms with Crippen molar-refractivity contribution in [1.29, 1.82) is 0 Å². The summed E-state index contributed by atoms with van der Waals surface area (Å²) in [7, 11) is -4.94. The molecule has 0 bridgehead atoms. The average molecular weight is 621 g/mol. The summed E-state index contributed by atoms with van der Waals surface area (Å²) in [4.78, 5) is 39.5. The quantitative estimate of drug-likeness (QED) is 0.0605. The van der Waals surface area contributed by atoms with Crippen LogP contribution in [0.25, 0.3) is 10.9 Å². The minimum Gasteiger partial charge on any atom is -0.490 e. The number of anilines is 2. The van der Waals surface area contributed by atoms with Gasteiger partial charge in [0.1, 0.15) is 29.9 Å². The van der Waals surface area contributed by atoms with Gasteiger partial charge in [0.15, 0.2) is 17.5 Å². The standard InChI is InChI=1S/C24H28N8O8S2/c1-24(2)20(22(34)32(24)40-42(35,36)37)30-21(33)19(17-12-41-23(25)29-17)31-39-8-7-38-15-4-5-16-13(9-15)3-6-18(28-16)27-14-10-26-11-14/h3-6,9,12,14,20,26H,7-8,10-11H2,1-2H3,(H2,25,29)(H,27,28)(H,30,33)(H,35,36,37)/b31-19-/t20-/m1/s1. The summed E-state index contributed by atoms with van der Waals surface area (Å²) in [6.45, 7) is 4.75. The monoisotopic (exact) mass is 620 g/mol. The Hall–Kier alpha value is -4.10. The number of benzene rings is 1. The Balaban J connectivity index is 1.18. The topological polar surface area (TPSA) is 220 Å². The van der Waals surface area contributed by atoms with Crippen LogP contribution in [0.2, 0.25) is 0 Å². The molecule has 18 heteroatoms. The van der Waals surface area contributed by atoms with Crippen molar-refractivity contribution in [2.24, 2.45) is 5.16 Å². The van der Waals surface area contributed by atoms with Crippen LogP contribution in [-0.2, 0) is 29.1 Å². The highest BCUT2D eigenvalue weighted by Gasteiger charge is 2.58. The molecule has 2 aromatic heterocycles. The van der Waals surface area contributed by atoms with Gasteiger partial charge in [0.2, 0.25) is 0 Å². The zero-order valence-electron chi connectivity index (χ0n) is 22.4. The normalized spacial score (nSPS) is 18.7. The Bertz CT molecular complexity index is 1640. The molecule has 0 saturated carbocycles. The lowest BCUT2D eigenvalue weighted by Gasteiger charge is -2.50. The molecule has 6 N–H and O–H groups in total. The Labute approximate surface area is 244 Å². The van der Waals surface area contributed by atoms with E-state index in [1.54, 1.807) is 6.07 Å². The lowest BCUT2D eigenvalue weighted by molar-refractivity contribution is -0.218. The second-order valence-electron chi connectivity index (χ2n) is 9.94. The average Bonchev–Trinajstić information content (AvgIpc) is 3.34. The second kappa shape index (κ2) is 11.6. The van der Waals surface area contributed by atoms with E-state index in [0.717, 1.165) is 41.1 Å². The van der Waals surface area contributed by atoms with Crippen LogP contribution < -0.4 is 26.4 Å². The van der Waals surface area contributed by atoms with Crippen LogP contribution in [0.5, 0.6) is 5.75 Å². The Morgan fingerprint density at radius 2 is 2.05 bits per heavy atom. The summed E-state index contributed by atoms with van der Waals surface area (Å²) < 4.78 is 41.1. The molecule has 42 heavy (non-hydrogen) atoms. The zero-order chi connectivity index (χ0) is 30.1. The fourth-order valence-corrected chi connectivity index (χ4v) is 5.20. The van der Waals surface area contributed by atoms with Crippen LogP contribution in [0.15, 0.2) is 40.9 Å². The van der Waals surface area contributed by atoms with E-state index in [1.807, 2.05) is 24.3 Å². The molecule has 2 saturated heterocycles. The number of carbonyl (C=O) groups excluding carboxylic acids is 2. The summed E-state index contributed by atoms with van der Waals surface area (Å²) in [6.07, 6.45) is 0. The van der Waals surface area contributed by atoms with E-state index in [4.69, 9.17) is 19.9 Å². The van der Waals surface area contributed by atoms with Gasteiger partial charge in [-0.25, -0.2) is 9.97 Å². The highest BCUT2D eigenvalue weighted by molar-refractivity contribution is 7.80. The van der Waals surface area contributed by atoms with Crippen LogP contribution in [0.3, 0.4) is 0 Å². The first kappa shape index (κ1) is 29.4. The third kappa shape index (κ3) is 6.52. The largest absolute Gasteiger partial charge is 0.490 e. The molecule has 0 spiro atoms. The van der Waals surface area contributed by atoms with Gasteiger partial charge in [-0.1, -0.05) is 5.16 Å². The maximum absolute atomic E-state index is 13.1. The summed E-state index contributed by atoms with van der Waals surface area (Å²) in [6, 6.07) is 8.55. The van der Waals surface area contributed by atoms with Gasteiger partial charge in [0.25, 0.3) is 11.8 Å². The number of nitrogen functional groups attached to an aromatic ring is 1. The Morgan fingerprint density at radius 1 is 1.26 bits per heavy atom. The van der Waals surface area contributed by atoms with Crippen molar-refractivity contribution >= 4 is 61.1 Å². The minimum absolute atomic E-state index is 0.0329. The number of hydrogen-bond donors (Lipinski definition) is 5. The smallest absolute Gasteiger partial charge is 0.418 e. The van der Waals surface area contributed by atoms with E-state index in [9.17, 15) is 18.0 Å². The molecule has 5 rings (SSSR count). The number of aromatic nitrogens is 2. The van der Waals surface area contributed by atoms with Crippen molar-refractivity contribution < 1.29 is 36.4 Å². The Morgan fingerprint density at radius 3 is 2.69 bits per heavy atom. The SMILES string of the molecule is CC1(C)[C@H](NC(=O)/C(=N\OCCOc2ccc3nc(NC4CNC4)ccc3c2)c2csc(N)n2)C(=O)N1OS(=O)(=O)O. The fourth-order valence-electron chi connectivity index (χ4n) is 4.20. The minimum atomic E-state index is -4.94. The molecule has 3 aromatic rings. The molecule has 16 nitrogen and oxygen atoms in total. The first-order valence-electron chi connectivity index (χ1n) is 12.6. The number of fused-ring (bicyclic) bond motifs is 1. The number of β-lactam (4-membered cyclic amide) rings is 1. The molecular formula is C24H28N8O8S2. The van der Waals surface area contributed by atoms with E-state index in [0.29, 0.717) is 16.9 Å². The number of rotatable bonds is 12. The summed E-state index contributed by atoms with van der Waals surface area (Å²) in [5, 5.41) is 15.9. The van der Waals surface area contributed by atoms with Crippen molar-refractivity contribution in [3.05, 3.63) is 41.4 Å². The molecule has 2 aliphatic rings. The van der Waals surface area contributed by atoms with Gasteiger partial charge in [0, 0.05) is 23.9 Å². The van der Waals surface area contributed by atoms with Crippen LogP contribution >= 0.6 is 11.3 Å². The highest BCUT2D eigenvalue weighted by atomic mass is 32.3. The number of amides is 2. The number of carbonyl (C=O) groups is 2. The highest BCUT2D eigenvalue weighted by Crippen LogP contribution is 2.33. The molecule has 4 heterocycles. The lowest BCUT2D eigenvalue weighted by Crippen LogP contribution is -2.76. The van der Waals surface area contributed by atoms with Gasteiger partial charge < -0.3 is 31.3 Å². The number of thiazole rings is 1. The molecule has 0 radical (unpaired) electrons. The number of nitrogens with two attached hydrogens (primary N) is 1. The summed E-state index contributed by atoms with van der Waals surface area (Å²) in [5.41, 5.74) is 5.05. The molecule has 2 fully saturated rings. The van der Waals surface area contributed by atoms with E-state index in [2.05, 4.69) is 35.4 Å². The number of nitrogens with zero attached hydrogens (tertiary/aromatic N) is 4. The molecule has 2 aliphatic heterocycles. The first-order chi connectivity index (χ1) is 19.9. The maximum atomic E-state index is 13.1. The molecule has 0 aliphatic carbocycles. The molecule has 224 valence electrons. The van der Waals surface area contributed by atoms with E-state index in [-0.39, 0.29) is 29.8 Å². The third-order valence-corrected chi connectivity index (χ3v) is 7.51. The van der Waals surface area contributed by atoms with Crippen LogP contribution in [-0.4, -0.2) is 89.5 Å². The molecule has 1 aromatic carbocycles. The third-order valence-electron chi connectivity index (χ3n) is 6.49. The van der Waals surface area contributed by atoms with Gasteiger partial charge >= 0.3 is 10.4 Å². The van der Waals surface area contributed by atoms with E-state index in [1.165, 1.54) is 19.2 Å². The second-order valence-corrected chi connectivity index (χ2v) is 11.8. The van der Waals surface area contributed by atoms with Gasteiger partial charge in [-0.2, -0.15) is 13.5 Å². The van der Waals surface area contributed by atoms with Gasteiger partial charge in [-0.3, -0.25) is 14.1 Å². The Kier molecular flexibility index (Phi) is 8.15. The maximum Gasteiger partial charge on any atom is 0.418 e. The number of nitrogens with one attached hydrogen (secondary N) is 3. The van der Waals surface area contributed by atoms with Crippen LogP contribution in [0.1, 0.15) is 19.5 Å².